The third kappa shape index (κ3) is 6.04. The van der Waals surface area contributed by atoms with Crippen molar-refractivity contribution in [2.45, 2.75) is 18.6 Å². The number of halogens is 3. The topological polar surface area (TPSA) is 88.4 Å². The fraction of sp³-hybridized carbons (Fsp3) is 0.0938. The highest BCUT2D eigenvalue weighted by molar-refractivity contribution is 6.04. The lowest BCUT2D eigenvalue weighted by atomic mass is 10.00. The molecule has 0 bridgehead atoms. The molecule has 9 heteroatoms. The van der Waals surface area contributed by atoms with Crippen LogP contribution < -0.4 is 10.9 Å². The predicted octanol–water partition coefficient (Wildman–Crippen LogP) is 7.00. The van der Waals surface area contributed by atoms with Crippen LogP contribution in [0, 0.1) is 0 Å². The van der Waals surface area contributed by atoms with Gasteiger partial charge in [0.25, 0.3) is 11.5 Å². The standard InChI is InChI=1S/C32H23F3N2O4/c33-32(34,35)26-14-12-22(13-15-26)30(40)36-27-17-25(24-11-10-20-6-4-5-9-23(20)16-24)19-37(31(27)41)28(18-29(38)39)21-7-2-1-3-8-21/h1-17,19,28H,18H2,(H,36,40)(H,38,39)/t28-/m0/s1. The van der Waals surface area contributed by atoms with Gasteiger partial charge in [0.1, 0.15) is 5.69 Å². The number of hydrogen-bond acceptors (Lipinski definition) is 3. The van der Waals surface area contributed by atoms with Gasteiger partial charge in [0.2, 0.25) is 0 Å². The summed E-state index contributed by atoms with van der Waals surface area (Å²) in [5.74, 6) is -1.91. The number of anilines is 1. The number of hydrogen-bond donors (Lipinski definition) is 2. The number of carboxylic acid groups (broad SMARTS) is 1. The van der Waals surface area contributed by atoms with Crippen molar-refractivity contribution in [1.82, 2.24) is 4.57 Å². The summed E-state index contributed by atoms with van der Waals surface area (Å²) >= 11 is 0. The zero-order valence-electron chi connectivity index (χ0n) is 21.4. The van der Waals surface area contributed by atoms with Crippen LogP contribution in [0.1, 0.15) is 33.9 Å². The van der Waals surface area contributed by atoms with E-state index in [-0.39, 0.29) is 11.3 Å². The molecule has 1 amide bonds. The molecule has 0 unspecified atom stereocenters. The van der Waals surface area contributed by atoms with E-state index in [1.54, 1.807) is 36.5 Å². The number of carboxylic acids is 1. The minimum atomic E-state index is -4.56. The molecule has 41 heavy (non-hydrogen) atoms. The number of nitrogens with zero attached hydrogens (tertiary/aromatic N) is 1. The Morgan fingerprint density at radius 1 is 0.805 bits per heavy atom. The maximum atomic E-state index is 13.7. The molecule has 4 aromatic carbocycles. The maximum Gasteiger partial charge on any atom is 0.416 e. The fourth-order valence-electron chi connectivity index (χ4n) is 4.67. The summed E-state index contributed by atoms with van der Waals surface area (Å²) in [4.78, 5) is 38.6. The van der Waals surface area contributed by atoms with Gasteiger partial charge >= 0.3 is 12.1 Å². The van der Waals surface area contributed by atoms with Crippen LogP contribution in [0.25, 0.3) is 21.9 Å². The van der Waals surface area contributed by atoms with Gasteiger partial charge in [-0.05, 0) is 58.3 Å². The number of rotatable bonds is 7. The molecule has 0 saturated carbocycles. The van der Waals surface area contributed by atoms with Crippen LogP contribution in [0.5, 0.6) is 0 Å². The Kier molecular flexibility index (Phi) is 7.43. The summed E-state index contributed by atoms with van der Waals surface area (Å²) in [6.07, 6.45) is -3.41. The maximum absolute atomic E-state index is 13.7. The molecule has 1 heterocycles. The monoisotopic (exact) mass is 556 g/mol. The van der Waals surface area contributed by atoms with E-state index >= 15 is 0 Å². The minimum absolute atomic E-state index is 0.0785. The highest BCUT2D eigenvalue weighted by Crippen LogP contribution is 2.30. The van der Waals surface area contributed by atoms with E-state index in [1.807, 2.05) is 42.5 Å². The van der Waals surface area contributed by atoms with Crippen LogP contribution in [0.15, 0.2) is 114 Å². The van der Waals surface area contributed by atoms with Gasteiger partial charge in [-0.1, -0.05) is 66.7 Å². The zero-order valence-corrected chi connectivity index (χ0v) is 21.4. The van der Waals surface area contributed by atoms with Crippen molar-refractivity contribution in [3.05, 3.63) is 136 Å². The van der Waals surface area contributed by atoms with E-state index in [2.05, 4.69) is 5.32 Å². The number of pyridine rings is 1. The lowest BCUT2D eigenvalue weighted by Gasteiger charge is -2.21. The molecule has 1 aromatic heterocycles. The molecule has 5 aromatic rings. The molecule has 6 nitrogen and oxygen atoms in total. The molecule has 0 radical (unpaired) electrons. The zero-order chi connectivity index (χ0) is 29.1. The predicted molar refractivity (Wildman–Crippen MR) is 150 cm³/mol. The van der Waals surface area contributed by atoms with E-state index in [1.165, 1.54) is 10.6 Å². The molecule has 1 atom stereocenters. The lowest BCUT2D eigenvalue weighted by molar-refractivity contribution is -0.138. The van der Waals surface area contributed by atoms with Crippen LogP contribution in [-0.2, 0) is 11.0 Å². The number of carbonyl (C=O) groups excluding carboxylic acids is 1. The summed E-state index contributed by atoms with van der Waals surface area (Å²) in [5.41, 5.74) is 0.0257. The second kappa shape index (κ2) is 11.1. The number of aromatic nitrogens is 1. The third-order valence-corrected chi connectivity index (χ3v) is 6.74. The molecule has 0 aliphatic carbocycles. The van der Waals surface area contributed by atoms with Crippen LogP contribution in [-0.4, -0.2) is 21.6 Å². The second-order valence-electron chi connectivity index (χ2n) is 9.47. The van der Waals surface area contributed by atoms with Gasteiger partial charge in [-0.2, -0.15) is 13.2 Å². The number of nitrogens with one attached hydrogen (secondary N) is 1. The average molecular weight is 557 g/mol. The second-order valence-corrected chi connectivity index (χ2v) is 9.47. The molecule has 0 spiro atoms. The Morgan fingerprint density at radius 3 is 2.12 bits per heavy atom. The number of amides is 1. The fourth-order valence-corrected chi connectivity index (χ4v) is 4.67. The highest BCUT2D eigenvalue weighted by atomic mass is 19.4. The molecule has 0 aliphatic rings. The van der Waals surface area contributed by atoms with Gasteiger partial charge in [0.15, 0.2) is 0 Å². The first kappa shape index (κ1) is 27.4. The Hall–Kier alpha value is -5.18. The SMILES string of the molecule is O=C(O)C[C@@H](c1ccccc1)n1cc(-c2ccc3ccccc3c2)cc(NC(=O)c2ccc(C(F)(F)F)cc2)c1=O. The number of fused-ring (bicyclic) bond motifs is 1. The van der Waals surface area contributed by atoms with Gasteiger partial charge in [-0.3, -0.25) is 14.4 Å². The first-order chi connectivity index (χ1) is 19.6. The number of carbonyl (C=O) groups is 2. The van der Waals surface area contributed by atoms with Gasteiger partial charge in [0.05, 0.1) is 18.0 Å². The summed E-state index contributed by atoms with van der Waals surface area (Å²) < 4.78 is 40.2. The van der Waals surface area contributed by atoms with E-state index in [0.29, 0.717) is 16.7 Å². The molecule has 0 aliphatic heterocycles. The molecule has 0 saturated heterocycles. The molecule has 5 rings (SSSR count). The largest absolute Gasteiger partial charge is 0.481 e. The Morgan fingerprint density at radius 2 is 1.46 bits per heavy atom. The number of benzene rings is 4. The Bertz CT molecular complexity index is 1800. The lowest BCUT2D eigenvalue weighted by Crippen LogP contribution is -2.30. The van der Waals surface area contributed by atoms with Crippen LogP contribution in [0.3, 0.4) is 0 Å². The first-order valence-corrected chi connectivity index (χ1v) is 12.6. The molecule has 0 fully saturated rings. The average Bonchev–Trinajstić information content (AvgIpc) is 2.97. The third-order valence-electron chi connectivity index (χ3n) is 6.74. The van der Waals surface area contributed by atoms with Crippen molar-refractivity contribution >= 4 is 28.3 Å². The van der Waals surface area contributed by atoms with Crippen molar-refractivity contribution in [3.63, 3.8) is 0 Å². The van der Waals surface area contributed by atoms with Crippen molar-refractivity contribution in [2.75, 3.05) is 5.32 Å². The van der Waals surface area contributed by atoms with Crippen LogP contribution in [0.2, 0.25) is 0 Å². The normalized spacial score (nSPS) is 12.2. The summed E-state index contributed by atoms with van der Waals surface area (Å²) in [7, 11) is 0. The summed E-state index contributed by atoms with van der Waals surface area (Å²) in [6.45, 7) is 0. The smallest absolute Gasteiger partial charge is 0.416 e. The number of aliphatic carboxylic acids is 1. The van der Waals surface area contributed by atoms with E-state index in [0.717, 1.165) is 35.0 Å². The summed E-state index contributed by atoms with van der Waals surface area (Å²) in [5, 5.41) is 14.1. The van der Waals surface area contributed by atoms with Crippen molar-refractivity contribution in [2.24, 2.45) is 0 Å². The van der Waals surface area contributed by atoms with E-state index in [4.69, 9.17) is 0 Å². The van der Waals surface area contributed by atoms with Crippen molar-refractivity contribution < 1.29 is 27.9 Å². The van der Waals surface area contributed by atoms with Crippen LogP contribution in [0.4, 0.5) is 18.9 Å². The van der Waals surface area contributed by atoms with Gasteiger partial charge in [0, 0.05) is 17.3 Å². The molecule has 206 valence electrons. The Labute approximate surface area is 232 Å². The Balaban J connectivity index is 1.63. The summed E-state index contributed by atoms with van der Waals surface area (Å²) in [6, 6.07) is 26.2. The molecule has 2 N–H and O–H groups in total. The van der Waals surface area contributed by atoms with Crippen LogP contribution >= 0.6 is 0 Å². The van der Waals surface area contributed by atoms with E-state index < -0.39 is 41.6 Å². The number of alkyl halides is 3. The van der Waals surface area contributed by atoms with Gasteiger partial charge in [-0.25, -0.2) is 0 Å². The minimum Gasteiger partial charge on any atom is -0.481 e. The molecular formula is C32H23F3N2O4. The van der Waals surface area contributed by atoms with Crippen molar-refractivity contribution in [1.29, 1.82) is 0 Å². The van der Waals surface area contributed by atoms with E-state index in [9.17, 15) is 32.7 Å². The highest BCUT2D eigenvalue weighted by Gasteiger charge is 2.30. The van der Waals surface area contributed by atoms with Gasteiger partial charge in [-0.15, -0.1) is 0 Å². The van der Waals surface area contributed by atoms with Crippen molar-refractivity contribution in [3.8, 4) is 11.1 Å². The molecular weight excluding hydrogens is 533 g/mol. The van der Waals surface area contributed by atoms with Gasteiger partial charge < -0.3 is 15.0 Å². The quantitative estimate of drug-likeness (QED) is 0.226. The first-order valence-electron chi connectivity index (χ1n) is 12.6.